The highest BCUT2D eigenvalue weighted by Crippen LogP contribution is 2.39. The van der Waals surface area contributed by atoms with Crippen molar-refractivity contribution in [1.29, 1.82) is 0 Å². The zero-order valence-electron chi connectivity index (χ0n) is 11.3. The van der Waals surface area contributed by atoms with E-state index in [9.17, 15) is 12.8 Å². The second kappa shape index (κ2) is 4.82. The molecule has 1 aliphatic heterocycles. The number of halogens is 1. The Balaban J connectivity index is 2.18. The first-order valence-electron chi connectivity index (χ1n) is 6.29. The van der Waals surface area contributed by atoms with Crippen LogP contribution >= 0.6 is 0 Å². The fraction of sp³-hybridized carbons (Fsp3) is 0.200. The van der Waals surface area contributed by atoms with Crippen LogP contribution in [0.5, 0.6) is 5.75 Å². The van der Waals surface area contributed by atoms with Crippen LogP contribution in [0.4, 0.5) is 4.39 Å². The number of hydrogen-bond donors (Lipinski definition) is 1. The molecule has 0 aliphatic carbocycles. The molecule has 110 valence electrons. The van der Waals surface area contributed by atoms with Crippen molar-refractivity contribution in [3.63, 3.8) is 0 Å². The first kappa shape index (κ1) is 14.0. The predicted molar refractivity (Wildman–Crippen MR) is 75.2 cm³/mol. The number of aliphatic hydroxyl groups is 1. The molecule has 0 amide bonds. The van der Waals surface area contributed by atoms with Crippen molar-refractivity contribution in [2.75, 3.05) is 6.26 Å². The summed E-state index contributed by atoms with van der Waals surface area (Å²) in [7, 11) is -3.30. The highest BCUT2D eigenvalue weighted by Gasteiger charge is 2.21. The molecular formula is C15H13FO4S. The minimum atomic E-state index is -3.30. The van der Waals surface area contributed by atoms with E-state index < -0.39 is 22.3 Å². The summed E-state index contributed by atoms with van der Waals surface area (Å²) in [6.07, 6.45) is 1.14. The minimum Gasteiger partial charge on any atom is -0.488 e. The van der Waals surface area contributed by atoms with E-state index in [-0.39, 0.29) is 17.1 Å². The molecule has 21 heavy (non-hydrogen) atoms. The third-order valence-electron chi connectivity index (χ3n) is 3.50. The summed E-state index contributed by atoms with van der Waals surface area (Å²) in [5.74, 6) is -0.0278. The Hall–Kier alpha value is -1.92. The average molecular weight is 308 g/mol. The molecule has 1 heterocycles. The normalized spacial score (nSPS) is 13.3. The van der Waals surface area contributed by atoms with Gasteiger partial charge in [0.2, 0.25) is 0 Å². The Morgan fingerprint density at radius 2 is 2.00 bits per heavy atom. The maximum absolute atomic E-state index is 13.8. The number of ether oxygens (including phenoxy) is 1. The summed E-state index contributed by atoms with van der Waals surface area (Å²) in [6, 6.07) is 7.48. The van der Waals surface area contributed by atoms with Gasteiger partial charge in [-0.15, -0.1) is 0 Å². The van der Waals surface area contributed by atoms with Gasteiger partial charge in [0, 0.05) is 17.4 Å². The second-order valence-electron chi connectivity index (χ2n) is 4.98. The Bertz CT molecular complexity index is 828. The van der Waals surface area contributed by atoms with E-state index >= 15 is 0 Å². The fourth-order valence-corrected chi connectivity index (χ4v) is 3.06. The maximum Gasteiger partial charge on any atom is 0.175 e. The van der Waals surface area contributed by atoms with E-state index in [0.717, 1.165) is 11.8 Å². The smallest absolute Gasteiger partial charge is 0.175 e. The largest absolute Gasteiger partial charge is 0.488 e. The second-order valence-corrected chi connectivity index (χ2v) is 6.99. The SMILES string of the molecule is CS(=O)(=O)c1ccc2c(c1)COc1cc(CO)c(F)cc1-2. The Kier molecular flexibility index (Phi) is 3.22. The van der Waals surface area contributed by atoms with Crippen molar-refractivity contribution < 1.29 is 22.7 Å². The molecule has 1 aliphatic rings. The summed E-state index contributed by atoms with van der Waals surface area (Å²) >= 11 is 0. The molecule has 0 unspecified atom stereocenters. The van der Waals surface area contributed by atoms with Gasteiger partial charge in [-0.2, -0.15) is 0 Å². The number of aliphatic hydroxyl groups excluding tert-OH is 1. The van der Waals surface area contributed by atoms with Crippen molar-refractivity contribution in [2.24, 2.45) is 0 Å². The molecule has 3 rings (SSSR count). The number of benzene rings is 2. The van der Waals surface area contributed by atoms with Crippen molar-refractivity contribution in [3.8, 4) is 16.9 Å². The van der Waals surface area contributed by atoms with Crippen LogP contribution in [0.15, 0.2) is 35.2 Å². The average Bonchev–Trinajstić information content (AvgIpc) is 2.45. The van der Waals surface area contributed by atoms with Crippen molar-refractivity contribution in [3.05, 3.63) is 47.3 Å². The molecule has 1 N–H and O–H groups in total. The van der Waals surface area contributed by atoms with E-state index in [4.69, 9.17) is 9.84 Å². The van der Waals surface area contributed by atoms with E-state index in [0.29, 0.717) is 16.9 Å². The maximum atomic E-state index is 13.8. The lowest BCUT2D eigenvalue weighted by molar-refractivity contribution is 0.271. The summed E-state index contributed by atoms with van der Waals surface area (Å²) in [6.45, 7) is -0.190. The zero-order valence-corrected chi connectivity index (χ0v) is 12.1. The van der Waals surface area contributed by atoms with Gasteiger partial charge >= 0.3 is 0 Å². The quantitative estimate of drug-likeness (QED) is 0.924. The summed E-state index contributed by atoms with van der Waals surface area (Å²) < 4.78 is 42.5. The van der Waals surface area contributed by atoms with Crippen LogP contribution in [0, 0.1) is 5.82 Å². The molecule has 0 saturated carbocycles. The predicted octanol–water partition coefficient (Wildman–Crippen LogP) is 2.28. The molecule has 2 aromatic rings. The van der Waals surface area contributed by atoms with Crippen molar-refractivity contribution in [2.45, 2.75) is 18.1 Å². The summed E-state index contributed by atoms with van der Waals surface area (Å²) in [5.41, 5.74) is 2.17. The lowest BCUT2D eigenvalue weighted by atomic mass is 9.96. The molecule has 0 bridgehead atoms. The van der Waals surface area contributed by atoms with Crippen LogP contribution in [0.25, 0.3) is 11.1 Å². The van der Waals surface area contributed by atoms with Gasteiger partial charge in [0.25, 0.3) is 0 Å². The molecule has 4 nitrogen and oxygen atoms in total. The van der Waals surface area contributed by atoms with Gasteiger partial charge in [-0.25, -0.2) is 12.8 Å². The van der Waals surface area contributed by atoms with E-state index in [2.05, 4.69) is 0 Å². The molecule has 0 atom stereocenters. The van der Waals surface area contributed by atoms with Gasteiger partial charge in [-0.3, -0.25) is 0 Å². The third kappa shape index (κ3) is 2.41. The summed E-state index contributed by atoms with van der Waals surface area (Å²) in [4.78, 5) is 0.209. The molecule has 0 spiro atoms. The zero-order chi connectivity index (χ0) is 15.2. The minimum absolute atomic E-state index is 0.171. The lowest BCUT2D eigenvalue weighted by Gasteiger charge is -2.22. The van der Waals surface area contributed by atoms with Crippen LogP contribution in [0.3, 0.4) is 0 Å². The fourth-order valence-electron chi connectivity index (χ4n) is 2.38. The first-order valence-corrected chi connectivity index (χ1v) is 8.18. The number of sulfone groups is 1. The lowest BCUT2D eigenvalue weighted by Crippen LogP contribution is -2.08. The van der Waals surface area contributed by atoms with Crippen LogP contribution in [-0.4, -0.2) is 19.8 Å². The van der Waals surface area contributed by atoms with E-state index in [1.807, 2.05) is 0 Å². The number of fused-ring (bicyclic) bond motifs is 3. The third-order valence-corrected chi connectivity index (χ3v) is 4.61. The van der Waals surface area contributed by atoms with Gasteiger partial charge in [-0.05, 0) is 35.4 Å². The molecule has 0 saturated heterocycles. The number of hydrogen-bond acceptors (Lipinski definition) is 4. The van der Waals surface area contributed by atoms with Crippen molar-refractivity contribution in [1.82, 2.24) is 0 Å². The Morgan fingerprint density at radius 3 is 2.67 bits per heavy atom. The van der Waals surface area contributed by atoms with Crippen LogP contribution in [-0.2, 0) is 23.1 Å². The molecular weight excluding hydrogens is 295 g/mol. The van der Waals surface area contributed by atoms with Gasteiger partial charge in [0.05, 0.1) is 11.5 Å². The van der Waals surface area contributed by atoms with Gasteiger partial charge in [0.15, 0.2) is 9.84 Å². The molecule has 0 fully saturated rings. The standard InChI is InChI=1S/C15H13FO4S/c1-21(18,19)11-2-3-12-10(4-11)8-20-15-5-9(7-17)14(16)6-13(12)15/h2-6,17H,7-8H2,1H3. The van der Waals surface area contributed by atoms with Crippen LogP contribution < -0.4 is 4.74 Å². The molecule has 6 heteroatoms. The van der Waals surface area contributed by atoms with E-state index in [1.54, 1.807) is 12.1 Å². The highest BCUT2D eigenvalue weighted by molar-refractivity contribution is 7.90. The molecule has 2 aromatic carbocycles. The van der Waals surface area contributed by atoms with E-state index in [1.165, 1.54) is 18.2 Å². The summed E-state index contributed by atoms with van der Waals surface area (Å²) in [5, 5.41) is 9.08. The topological polar surface area (TPSA) is 63.6 Å². The van der Waals surface area contributed by atoms with Crippen molar-refractivity contribution >= 4 is 9.84 Å². The molecule has 0 radical (unpaired) electrons. The van der Waals surface area contributed by atoms with Gasteiger partial charge in [0.1, 0.15) is 18.2 Å². The van der Waals surface area contributed by atoms with Crippen LogP contribution in [0.1, 0.15) is 11.1 Å². The first-order chi connectivity index (χ1) is 9.90. The van der Waals surface area contributed by atoms with Gasteiger partial charge < -0.3 is 9.84 Å². The number of rotatable bonds is 2. The van der Waals surface area contributed by atoms with Gasteiger partial charge in [-0.1, -0.05) is 6.07 Å². The van der Waals surface area contributed by atoms with Crippen LogP contribution in [0.2, 0.25) is 0 Å². The Morgan fingerprint density at radius 1 is 1.24 bits per heavy atom. The monoisotopic (exact) mass is 308 g/mol. The molecule has 0 aromatic heterocycles. The highest BCUT2D eigenvalue weighted by atomic mass is 32.2. The Labute approximate surface area is 121 Å².